The molecule has 0 heterocycles. The van der Waals surface area contributed by atoms with Crippen molar-refractivity contribution in [1.29, 1.82) is 0 Å². The Morgan fingerprint density at radius 3 is 1.66 bits per heavy atom. The molecule has 0 aromatic heterocycles. The summed E-state index contributed by atoms with van der Waals surface area (Å²) in [6.07, 6.45) is 23.9. The number of esters is 2. The van der Waals surface area contributed by atoms with Crippen LogP contribution in [-0.4, -0.2) is 51.4 Å². The van der Waals surface area contributed by atoms with Gasteiger partial charge in [0.1, 0.15) is 6.10 Å². The first-order chi connectivity index (χ1) is 20.1. The van der Waals surface area contributed by atoms with Crippen molar-refractivity contribution in [2.24, 2.45) is 5.92 Å². The van der Waals surface area contributed by atoms with Gasteiger partial charge in [0.15, 0.2) is 0 Å². The maximum atomic E-state index is 12.1. The summed E-state index contributed by atoms with van der Waals surface area (Å²) in [4.78, 5) is 35.0. The summed E-state index contributed by atoms with van der Waals surface area (Å²) >= 11 is 0. The normalized spacial score (nSPS) is 12.6. The molecule has 0 aliphatic carbocycles. The number of carbonyl (C=O) groups excluding carboxylic acids is 3. The average molecular weight is 585 g/mol. The molecule has 0 spiro atoms. The van der Waals surface area contributed by atoms with E-state index in [-0.39, 0.29) is 24.0 Å². The lowest BCUT2D eigenvalue weighted by Gasteiger charge is -2.16. The lowest BCUT2D eigenvalue weighted by molar-refractivity contribution is -0.145. The third-order valence-corrected chi connectivity index (χ3v) is 7.67. The molecular formula is C34H64O7. The van der Waals surface area contributed by atoms with Gasteiger partial charge in [-0.05, 0) is 44.9 Å². The molecule has 0 N–H and O–H groups in total. The second-order valence-corrected chi connectivity index (χ2v) is 11.6. The van der Waals surface area contributed by atoms with E-state index >= 15 is 0 Å². The number of hydrogen-bond donors (Lipinski definition) is 0. The fourth-order valence-corrected chi connectivity index (χ4v) is 5.10. The summed E-state index contributed by atoms with van der Waals surface area (Å²) in [6.45, 7) is 6.23. The van der Waals surface area contributed by atoms with Crippen LogP contribution < -0.4 is 0 Å². The van der Waals surface area contributed by atoms with Gasteiger partial charge in [-0.1, -0.05) is 104 Å². The number of hydrogen-bond acceptors (Lipinski definition) is 7. The quantitative estimate of drug-likeness (QED) is 0.0337. The molecule has 242 valence electrons. The Balaban J connectivity index is 3.86. The van der Waals surface area contributed by atoms with E-state index in [9.17, 15) is 14.4 Å². The lowest BCUT2D eigenvalue weighted by atomic mass is 10.0. The molecule has 7 heteroatoms. The molecule has 2 unspecified atom stereocenters. The number of unbranched alkanes of at least 4 members (excludes halogenated alkanes) is 14. The highest BCUT2D eigenvalue weighted by atomic mass is 16.5. The highest BCUT2D eigenvalue weighted by Crippen LogP contribution is 2.16. The third kappa shape index (κ3) is 28.3. The maximum absolute atomic E-state index is 12.1. The van der Waals surface area contributed by atoms with E-state index in [0.717, 1.165) is 51.4 Å². The van der Waals surface area contributed by atoms with Gasteiger partial charge in [0.05, 0.1) is 19.8 Å². The van der Waals surface area contributed by atoms with Crippen molar-refractivity contribution in [3.63, 3.8) is 0 Å². The van der Waals surface area contributed by atoms with Gasteiger partial charge in [0, 0.05) is 25.9 Å². The first-order valence-corrected chi connectivity index (χ1v) is 17.0. The van der Waals surface area contributed by atoms with E-state index in [2.05, 4.69) is 13.8 Å². The van der Waals surface area contributed by atoms with Crippen LogP contribution in [0.4, 0.5) is 0 Å². The van der Waals surface area contributed by atoms with Crippen molar-refractivity contribution in [3.8, 4) is 0 Å². The van der Waals surface area contributed by atoms with Crippen molar-refractivity contribution in [1.82, 2.24) is 0 Å². The fourth-order valence-electron chi connectivity index (χ4n) is 5.10. The molecule has 0 fully saturated rings. The van der Waals surface area contributed by atoms with Crippen molar-refractivity contribution in [2.45, 2.75) is 168 Å². The largest absolute Gasteiger partial charge is 0.466 e. The van der Waals surface area contributed by atoms with Crippen LogP contribution in [0.2, 0.25) is 0 Å². The Kier molecular flexibility index (Phi) is 30.1. The SMILES string of the molecule is CCCCCCCCCCCCC(CCCOC(=O)CCCCC(COC)COC(=O)CCCCCCC)OC=O. The molecule has 0 aromatic carbocycles. The van der Waals surface area contributed by atoms with Gasteiger partial charge in [0.2, 0.25) is 0 Å². The van der Waals surface area contributed by atoms with E-state index in [1.165, 1.54) is 77.0 Å². The minimum Gasteiger partial charge on any atom is -0.466 e. The molecule has 0 saturated heterocycles. The van der Waals surface area contributed by atoms with Crippen molar-refractivity contribution >= 4 is 18.4 Å². The van der Waals surface area contributed by atoms with Crippen LogP contribution >= 0.6 is 0 Å². The van der Waals surface area contributed by atoms with E-state index in [1.54, 1.807) is 7.11 Å². The van der Waals surface area contributed by atoms with Crippen molar-refractivity contribution in [2.75, 3.05) is 26.9 Å². The molecule has 0 aliphatic rings. The van der Waals surface area contributed by atoms with Crippen LogP contribution in [0.15, 0.2) is 0 Å². The third-order valence-electron chi connectivity index (χ3n) is 7.67. The predicted octanol–water partition coefficient (Wildman–Crippen LogP) is 8.89. The Morgan fingerprint density at radius 1 is 0.585 bits per heavy atom. The molecule has 0 bridgehead atoms. The monoisotopic (exact) mass is 584 g/mol. The van der Waals surface area contributed by atoms with Crippen LogP contribution in [0.25, 0.3) is 0 Å². The zero-order valence-electron chi connectivity index (χ0n) is 27.0. The number of ether oxygens (including phenoxy) is 4. The second-order valence-electron chi connectivity index (χ2n) is 11.6. The van der Waals surface area contributed by atoms with Crippen LogP contribution in [0, 0.1) is 5.92 Å². The Hall–Kier alpha value is -1.63. The Labute approximate surface area is 252 Å². The van der Waals surface area contributed by atoms with Gasteiger partial charge in [-0.25, -0.2) is 0 Å². The lowest BCUT2D eigenvalue weighted by Crippen LogP contribution is -2.18. The molecule has 2 atom stereocenters. The molecule has 0 amide bonds. The summed E-state index contributed by atoms with van der Waals surface area (Å²) in [5.74, 6) is -0.175. The predicted molar refractivity (Wildman–Crippen MR) is 166 cm³/mol. The topological polar surface area (TPSA) is 88.1 Å². The highest BCUT2D eigenvalue weighted by Gasteiger charge is 2.14. The van der Waals surface area contributed by atoms with Crippen molar-refractivity contribution in [3.05, 3.63) is 0 Å². The first kappa shape index (κ1) is 39.4. The van der Waals surface area contributed by atoms with Gasteiger partial charge >= 0.3 is 11.9 Å². The number of carbonyl (C=O) groups is 3. The van der Waals surface area contributed by atoms with Gasteiger partial charge in [-0.2, -0.15) is 0 Å². The summed E-state index contributed by atoms with van der Waals surface area (Å²) < 4.78 is 21.4. The summed E-state index contributed by atoms with van der Waals surface area (Å²) in [5, 5.41) is 0. The maximum Gasteiger partial charge on any atom is 0.305 e. The molecule has 0 aromatic rings. The molecule has 41 heavy (non-hydrogen) atoms. The van der Waals surface area contributed by atoms with Gasteiger partial charge in [0.25, 0.3) is 6.47 Å². The Bertz CT molecular complexity index is 596. The summed E-state index contributed by atoms with van der Waals surface area (Å²) in [6, 6.07) is 0. The van der Waals surface area contributed by atoms with Crippen molar-refractivity contribution < 1.29 is 33.3 Å². The summed E-state index contributed by atoms with van der Waals surface area (Å²) in [5.41, 5.74) is 0. The van der Waals surface area contributed by atoms with Gasteiger partial charge < -0.3 is 18.9 Å². The molecular weight excluding hydrogens is 520 g/mol. The van der Waals surface area contributed by atoms with Crippen LogP contribution in [0.3, 0.4) is 0 Å². The second kappa shape index (κ2) is 31.3. The highest BCUT2D eigenvalue weighted by molar-refractivity contribution is 5.69. The zero-order valence-corrected chi connectivity index (χ0v) is 27.0. The smallest absolute Gasteiger partial charge is 0.305 e. The van der Waals surface area contributed by atoms with E-state index in [1.807, 2.05) is 0 Å². The molecule has 0 saturated carbocycles. The van der Waals surface area contributed by atoms with E-state index in [4.69, 9.17) is 18.9 Å². The van der Waals surface area contributed by atoms with Crippen LogP contribution in [-0.2, 0) is 33.3 Å². The number of methoxy groups -OCH3 is 1. The van der Waals surface area contributed by atoms with Gasteiger partial charge in [-0.15, -0.1) is 0 Å². The molecule has 0 aliphatic heterocycles. The van der Waals surface area contributed by atoms with Gasteiger partial charge in [-0.3, -0.25) is 14.4 Å². The summed E-state index contributed by atoms with van der Waals surface area (Å²) in [7, 11) is 1.65. The van der Waals surface area contributed by atoms with Crippen LogP contribution in [0.5, 0.6) is 0 Å². The molecule has 0 rings (SSSR count). The fraction of sp³-hybridized carbons (Fsp3) is 0.912. The standard InChI is InChI=1S/C34H64O7/c1-4-6-8-10-11-12-13-14-16-17-23-32(41-30-35)24-21-27-39-33(36)26-20-19-22-31(28-38-3)29-40-34(37)25-18-15-9-7-5-2/h30-32H,4-29H2,1-3H3. The Morgan fingerprint density at radius 2 is 1.07 bits per heavy atom. The molecule has 7 nitrogen and oxygen atoms in total. The average Bonchev–Trinajstić information content (AvgIpc) is 2.96. The first-order valence-electron chi connectivity index (χ1n) is 17.0. The van der Waals surface area contributed by atoms with E-state index < -0.39 is 0 Å². The zero-order chi connectivity index (χ0) is 30.2. The number of rotatable bonds is 32. The minimum atomic E-state index is -0.189. The molecule has 0 radical (unpaired) electrons. The minimum absolute atomic E-state index is 0.0897. The van der Waals surface area contributed by atoms with E-state index in [0.29, 0.717) is 45.6 Å². The van der Waals surface area contributed by atoms with Crippen LogP contribution in [0.1, 0.15) is 162 Å².